The van der Waals surface area contributed by atoms with E-state index in [1.54, 1.807) is 0 Å². The quantitative estimate of drug-likeness (QED) is 0.110. The van der Waals surface area contributed by atoms with E-state index in [1.807, 2.05) is 0 Å². The lowest BCUT2D eigenvalue weighted by molar-refractivity contribution is 0.0342. The van der Waals surface area contributed by atoms with Gasteiger partial charge in [-0.3, -0.25) is 0 Å². The molecule has 0 bridgehead atoms. The van der Waals surface area contributed by atoms with Crippen molar-refractivity contribution in [1.29, 1.82) is 0 Å². The molecule has 6 heteroatoms. The van der Waals surface area contributed by atoms with E-state index in [0.717, 1.165) is 23.8 Å². The van der Waals surface area contributed by atoms with E-state index in [4.69, 9.17) is 18.6 Å². The van der Waals surface area contributed by atoms with Gasteiger partial charge in [0.05, 0.1) is 0 Å². The molecule has 0 aliphatic carbocycles. The Morgan fingerprint density at radius 3 is 1.18 bits per heavy atom. The molecule has 258 valence electrons. The summed E-state index contributed by atoms with van der Waals surface area (Å²) in [5.41, 5.74) is 9.77. The second-order valence-corrected chi connectivity index (χ2v) is 16.2. The van der Waals surface area contributed by atoms with Gasteiger partial charge in [0.25, 0.3) is 0 Å². The van der Waals surface area contributed by atoms with Crippen LogP contribution in [0.3, 0.4) is 0 Å². The lowest BCUT2D eigenvalue weighted by Crippen LogP contribution is -2.47. The maximum absolute atomic E-state index is 6.32. The summed E-state index contributed by atoms with van der Waals surface area (Å²) in [7, 11) is -0.776. The highest BCUT2D eigenvalue weighted by Gasteiger charge is 2.35. The average Bonchev–Trinajstić information content (AvgIpc) is 3.12. The molecule has 0 amide bonds. The molecule has 7 rings (SSSR count). The zero-order valence-electron chi connectivity index (χ0n) is 30.9. The molecule has 0 atom stereocenters. The van der Waals surface area contributed by atoms with Gasteiger partial charge >= 0.3 is 14.2 Å². The first-order valence-corrected chi connectivity index (χ1v) is 18.8. The van der Waals surface area contributed by atoms with Crippen molar-refractivity contribution in [3.63, 3.8) is 0 Å². The molecule has 2 heterocycles. The highest BCUT2D eigenvalue weighted by molar-refractivity contribution is 6.62. The molecule has 50 heavy (non-hydrogen) atoms. The fourth-order valence-corrected chi connectivity index (χ4v) is 7.39. The Morgan fingerprint density at radius 1 is 0.480 bits per heavy atom. The molecule has 2 saturated heterocycles. The largest absolute Gasteiger partial charge is 0.493 e. The lowest BCUT2D eigenvalue weighted by Gasteiger charge is -2.33. The summed E-state index contributed by atoms with van der Waals surface area (Å²) >= 11 is 0. The molecular formula is C44H52B2O4. The van der Waals surface area contributed by atoms with Gasteiger partial charge in [-0.05, 0) is 91.5 Å². The number of fused-ring (bicyclic) bond motifs is 2. The van der Waals surface area contributed by atoms with Crippen molar-refractivity contribution in [2.24, 2.45) is 10.8 Å². The molecule has 2 aliphatic rings. The molecule has 0 radical (unpaired) electrons. The lowest BCUT2D eigenvalue weighted by atomic mass is 9.72. The minimum absolute atomic E-state index is 0.00388. The van der Waals surface area contributed by atoms with E-state index in [2.05, 4.69) is 126 Å². The normalized spacial score (nSPS) is 17.5. The monoisotopic (exact) mass is 666 g/mol. The third-order valence-electron chi connectivity index (χ3n) is 10.3. The SMILES string of the molecule is CCCCc1ccc(-c2c3ccc(B4OCC(C)(C)CO4)cc3c(-c3ccc(CCCC)cc3)c3ccc(B4OCC(C)(C)CO4)cc23)cc1. The molecule has 0 unspecified atom stereocenters. The number of benzene rings is 5. The molecule has 0 spiro atoms. The van der Waals surface area contributed by atoms with Crippen LogP contribution in [0.2, 0.25) is 0 Å². The van der Waals surface area contributed by atoms with Crippen molar-refractivity contribution in [2.75, 3.05) is 26.4 Å². The van der Waals surface area contributed by atoms with Gasteiger partial charge in [-0.25, -0.2) is 0 Å². The molecule has 2 fully saturated rings. The van der Waals surface area contributed by atoms with Crippen LogP contribution in [0, 0.1) is 10.8 Å². The zero-order valence-corrected chi connectivity index (χ0v) is 30.9. The van der Waals surface area contributed by atoms with Gasteiger partial charge in [0, 0.05) is 37.3 Å². The smallest absolute Gasteiger partial charge is 0.407 e. The fraction of sp³-hybridized carbons (Fsp3) is 0.409. The van der Waals surface area contributed by atoms with Gasteiger partial charge in [0.15, 0.2) is 0 Å². The summed E-state index contributed by atoms with van der Waals surface area (Å²) < 4.78 is 25.3. The van der Waals surface area contributed by atoms with Crippen molar-refractivity contribution < 1.29 is 18.6 Å². The van der Waals surface area contributed by atoms with E-state index >= 15 is 0 Å². The van der Waals surface area contributed by atoms with Crippen LogP contribution in [0.4, 0.5) is 0 Å². The third-order valence-corrected chi connectivity index (χ3v) is 10.3. The first-order chi connectivity index (χ1) is 24.1. The van der Waals surface area contributed by atoms with E-state index in [1.165, 1.54) is 80.6 Å². The van der Waals surface area contributed by atoms with Crippen molar-refractivity contribution in [1.82, 2.24) is 0 Å². The predicted molar refractivity (Wildman–Crippen MR) is 212 cm³/mol. The molecule has 5 aromatic rings. The first kappa shape index (κ1) is 35.0. The van der Waals surface area contributed by atoms with E-state index in [-0.39, 0.29) is 25.1 Å². The molecule has 0 aromatic heterocycles. The van der Waals surface area contributed by atoms with Crippen LogP contribution < -0.4 is 10.9 Å². The number of hydrogen-bond donors (Lipinski definition) is 0. The van der Waals surface area contributed by atoms with Crippen molar-refractivity contribution >= 4 is 46.7 Å². The van der Waals surface area contributed by atoms with Gasteiger partial charge in [0.1, 0.15) is 0 Å². The van der Waals surface area contributed by atoms with Crippen molar-refractivity contribution in [2.45, 2.75) is 80.1 Å². The molecule has 0 saturated carbocycles. The van der Waals surface area contributed by atoms with Gasteiger partial charge in [-0.1, -0.05) is 139 Å². The summed E-state index contributed by atoms with van der Waals surface area (Å²) in [6.07, 6.45) is 6.98. The van der Waals surface area contributed by atoms with E-state index < -0.39 is 0 Å². The van der Waals surface area contributed by atoms with E-state index in [0.29, 0.717) is 26.4 Å². The molecule has 0 N–H and O–H groups in total. The van der Waals surface area contributed by atoms with Crippen LogP contribution in [0.15, 0.2) is 84.9 Å². The number of aryl methyl sites for hydroxylation is 2. The van der Waals surface area contributed by atoms with Gasteiger partial charge in [-0.15, -0.1) is 0 Å². The molecule has 4 nitrogen and oxygen atoms in total. The van der Waals surface area contributed by atoms with Crippen LogP contribution in [0.1, 0.15) is 78.4 Å². The zero-order chi connectivity index (χ0) is 34.9. The Balaban J connectivity index is 1.45. The van der Waals surface area contributed by atoms with Crippen molar-refractivity contribution in [3.8, 4) is 22.3 Å². The highest BCUT2D eigenvalue weighted by atomic mass is 16.6. The minimum Gasteiger partial charge on any atom is -0.407 e. The van der Waals surface area contributed by atoms with Crippen LogP contribution in [0.5, 0.6) is 0 Å². The second-order valence-electron chi connectivity index (χ2n) is 16.2. The summed E-state index contributed by atoms with van der Waals surface area (Å²) in [5.74, 6) is 0. The molecule has 2 aliphatic heterocycles. The Morgan fingerprint density at radius 2 is 0.840 bits per heavy atom. The van der Waals surface area contributed by atoms with Crippen LogP contribution in [-0.4, -0.2) is 40.7 Å². The van der Waals surface area contributed by atoms with Gasteiger partial charge in [0.2, 0.25) is 0 Å². The minimum atomic E-state index is -0.388. The van der Waals surface area contributed by atoms with Crippen molar-refractivity contribution in [3.05, 3.63) is 96.1 Å². The number of rotatable bonds is 10. The average molecular weight is 667 g/mol. The fourth-order valence-electron chi connectivity index (χ4n) is 7.39. The molecule has 5 aromatic carbocycles. The van der Waals surface area contributed by atoms with Crippen LogP contribution >= 0.6 is 0 Å². The van der Waals surface area contributed by atoms with Crippen LogP contribution in [0.25, 0.3) is 43.8 Å². The van der Waals surface area contributed by atoms with Gasteiger partial charge in [-0.2, -0.15) is 0 Å². The topological polar surface area (TPSA) is 36.9 Å². The summed E-state index contributed by atoms with van der Waals surface area (Å²) in [6, 6.07) is 32.1. The van der Waals surface area contributed by atoms with E-state index in [9.17, 15) is 0 Å². The third kappa shape index (κ3) is 7.46. The standard InChI is InChI=1S/C44H52B2O4/c1-7-9-11-31-13-17-33(18-14-31)41-37-23-21-36(46-49-29-44(5,6)30-50-46)26-40(37)42(34-19-15-32(16-20-34)12-10-8-2)38-24-22-35(25-39(38)41)45-47-27-43(3,4)28-48-45/h13-26H,7-12,27-30H2,1-6H3. The highest BCUT2D eigenvalue weighted by Crippen LogP contribution is 2.43. The first-order valence-electron chi connectivity index (χ1n) is 18.8. The van der Waals surface area contributed by atoms with Gasteiger partial charge < -0.3 is 18.6 Å². The second kappa shape index (κ2) is 14.7. The number of unbranched alkanes of at least 4 members (excludes halogenated alkanes) is 2. The Kier molecular flexibility index (Phi) is 10.3. The predicted octanol–water partition coefficient (Wildman–Crippen LogP) is 9.55. The summed E-state index contributed by atoms with van der Waals surface area (Å²) in [6.45, 7) is 15.9. The Bertz CT molecular complexity index is 1790. The molecular weight excluding hydrogens is 614 g/mol. The summed E-state index contributed by atoms with van der Waals surface area (Å²) in [5, 5.41) is 4.84. The number of hydrogen-bond acceptors (Lipinski definition) is 4. The summed E-state index contributed by atoms with van der Waals surface area (Å²) in [4.78, 5) is 0. The maximum atomic E-state index is 6.32. The van der Waals surface area contributed by atoms with Crippen LogP contribution in [-0.2, 0) is 31.5 Å². The Labute approximate surface area is 300 Å². The maximum Gasteiger partial charge on any atom is 0.493 e. The Hall–Kier alpha value is -3.41.